The molecule has 0 saturated carbocycles. The number of hydrogen-bond acceptors (Lipinski definition) is 0. The van der Waals surface area contributed by atoms with Crippen LogP contribution in [-0.2, 0) is 0 Å². The van der Waals surface area contributed by atoms with Crippen LogP contribution in [0.3, 0.4) is 0 Å². The molecular formula is C4H12P2. The van der Waals surface area contributed by atoms with Gasteiger partial charge in [-0.2, -0.15) is 0 Å². The van der Waals surface area contributed by atoms with E-state index < -0.39 is 0 Å². The van der Waals surface area contributed by atoms with Crippen molar-refractivity contribution in [3.63, 3.8) is 0 Å². The van der Waals surface area contributed by atoms with Crippen LogP contribution >= 0.6 is 17.2 Å². The SMILES string of the molecule is CCC(C)PP. The predicted molar refractivity (Wildman–Crippen MR) is 37.8 cm³/mol. The van der Waals surface area contributed by atoms with Gasteiger partial charge in [-0.1, -0.05) is 22.1 Å². The van der Waals surface area contributed by atoms with Gasteiger partial charge in [0.15, 0.2) is 0 Å². The van der Waals surface area contributed by atoms with E-state index >= 15 is 0 Å². The molecule has 0 rings (SSSR count). The van der Waals surface area contributed by atoms with Crippen LogP contribution in [0.15, 0.2) is 0 Å². The molecule has 0 aromatic heterocycles. The number of hydrogen-bond donors (Lipinski definition) is 0. The molecule has 0 bridgehead atoms. The minimum Gasteiger partial charge on any atom is -0.114 e. The summed E-state index contributed by atoms with van der Waals surface area (Å²) in [5, 5.41) is 0. The molecule has 0 spiro atoms. The lowest BCUT2D eigenvalue weighted by atomic mass is 10.4. The van der Waals surface area contributed by atoms with Gasteiger partial charge < -0.3 is 0 Å². The average Bonchev–Trinajstić information content (AvgIpc) is 1.65. The molecule has 0 nitrogen and oxygen atoms in total. The Labute approximate surface area is 44.0 Å². The van der Waals surface area contributed by atoms with Crippen molar-refractivity contribution in [3.8, 4) is 0 Å². The lowest BCUT2D eigenvalue weighted by molar-refractivity contribution is 0.906. The van der Waals surface area contributed by atoms with E-state index in [-0.39, 0.29) is 0 Å². The van der Waals surface area contributed by atoms with Gasteiger partial charge in [0.05, 0.1) is 0 Å². The third-order valence-electron chi connectivity index (χ3n) is 0.897. The van der Waals surface area contributed by atoms with Crippen LogP contribution in [0.4, 0.5) is 0 Å². The highest BCUT2D eigenvalue weighted by Crippen LogP contribution is 2.28. The summed E-state index contributed by atoms with van der Waals surface area (Å²) < 4.78 is 0. The third kappa shape index (κ3) is 3.07. The second kappa shape index (κ2) is 4.03. The van der Waals surface area contributed by atoms with Gasteiger partial charge in [-0.3, -0.25) is 0 Å². The second-order valence-electron chi connectivity index (χ2n) is 1.48. The molecule has 0 aliphatic carbocycles. The molecule has 0 saturated heterocycles. The molecule has 38 valence electrons. The standard InChI is InChI=1S/C4H12P2/c1-3-4(2)6-5/h4,6H,3,5H2,1-2H3. The molecule has 0 heterocycles. The summed E-state index contributed by atoms with van der Waals surface area (Å²) in [5.41, 5.74) is 0.926. The fraction of sp³-hybridized carbons (Fsp3) is 1.00. The number of rotatable bonds is 2. The molecule has 0 fully saturated rings. The van der Waals surface area contributed by atoms with Gasteiger partial charge in [0.2, 0.25) is 0 Å². The van der Waals surface area contributed by atoms with Gasteiger partial charge in [0.1, 0.15) is 0 Å². The first-order chi connectivity index (χ1) is 2.81. The maximum Gasteiger partial charge on any atom is -0.0233 e. The van der Waals surface area contributed by atoms with Crippen molar-refractivity contribution >= 4 is 17.2 Å². The molecule has 0 radical (unpaired) electrons. The highest BCUT2D eigenvalue weighted by atomic mass is 32.0. The summed E-state index contributed by atoms with van der Waals surface area (Å²) in [6, 6.07) is 0. The van der Waals surface area contributed by atoms with Crippen LogP contribution < -0.4 is 0 Å². The monoisotopic (exact) mass is 122 g/mol. The van der Waals surface area contributed by atoms with Gasteiger partial charge >= 0.3 is 0 Å². The van der Waals surface area contributed by atoms with E-state index in [2.05, 4.69) is 22.8 Å². The van der Waals surface area contributed by atoms with Crippen LogP contribution in [-0.4, -0.2) is 5.66 Å². The smallest absolute Gasteiger partial charge is 0.0233 e. The van der Waals surface area contributed by atoms with Crippen molar-refractivity contribution < 1.29 is 0 Å². The predicted octanol–water partition coefficient (Wildman–Crippen LogP) is 2.25. The van der Waals surface area contributed by atoms with E-state index in [9.17, 15) is 0 Å². The topological polar surface area (TPSA) is 0 Å². The van der Waals surface area contributed by atoms with E-state index in [1.807, 2.05) is 0 Å². The zero-order chi connectivity index (χ0) is 4.99. The van der Waals surface area contributed by atoms with E-state index in [1.54, 1.807) is 0 Å². The minimum absolute atomic E-state index is 0.926. The zero-order valence-corrected chi connectivity index (χ0v) is 6.52. The van der Waals surface area contributed by atoms with E-state index in [0.717, 1.165) is 13.9 Å². The first-order valence-corrected chi connectivity index (χ1v) is 5.16. The average molecular weight is 122 g/mol. The molecule has 0 amide bonds. The summed E-state index contributed by atoms with van der Waals surface area (Å²) in [6.45, 7) is 4.49. The van der Waals surface area contributed by atoms with E-state index in [1.165, 1.54) is 6.42 Å². The highest BCUT2D eigenvalue weighted by Gasteiger charge is 1.88. The highest BCUT2D eigenvalue weighted by molar-refractivity contribution is 8.03. The Bertz CT molecular complexity index is 24.7. The molecule has 0 aromatic carbocycles. The fourth-order valence-corrected chi connectivity index (χ4v) is 1.06. The van der Waals surface area contributed by atoms with Crippen molar-refractivity contribution in [2.75, 3.05) is 0 Å². The van der Waals surface area contributed by atoms with Crippen molar-refractivity contribution in [1.82, 2.24) is 0 Å². The Kier molecular flexibility index (Phi) is 4.61. The van der Waals surface area contributed by atoms with Crippen LogP contribution in [0, 0.1) is 0 Å². The normalized spacial score (nSPS) is 16.5. The molecule has 0 aliphatic heterocycles. The fourth-order valence-electron chi connectivity index (χ4n) is 0.118. The van der Waals surface area contributed by atoms with Gasteiger partial charge in [0, 0.05) is 0 Å². The van der Waals surface area contributed by atoms with Gasteiger partial charge in [-0.05, 0) is 12.1 Å². The summed E-state index contributed by atoms with van der Waals surface area (Å²) in [4.78, 5) is 0. The lowest BCUT2D eigenvalue weighted by Gasteiger charge is -1.99. The van der Waals surface area contributed by atoms with E-state index in [4.69, 9.17) is 0 Å². The Morgan fingerprint density at radius 3 is 2.33 bits per heavy atom. The largest absolute Gasteiger partial charge is 0.114 e. The van der Waals surface area contributed by atoms with Crippen LogP contribution in [0.5, 0.6) is 0 Å². The molecule has 2 heteroatoms. The summed E-state index contributed by atoms with van der Waals surface area (Å²) in [7, 11) is 3.82. The van der Waals surface area contributed by atoms with Gasteiger partial charge in [-0.25, -0.2) is 0 Å². The maximum absolute atomic E-state index is 2.77. The second-order valence-corrected chi connectivity index (χ2v) is 3.79. The molecular weight excluding hydrogens is 110 g/mol. The van der Waals surface area contributed by atoms with Crippen molar-refractivity contribution in [2.24, 2.45) is 0 Å². The molecule has 6 heavy (non-hydrogen) atoms. The summed E-state index contributed by atoms with van der Waals surface area (Å²) in [6.07, 6.45) is 1.32. The van der Waals surface area contributed by atoms with Gasteiger partial charge in [-0.15, -0.1) is 8.93 Å². The molecule has 3 atom stereocenters. The van der Waals surface area contributed by atoms with Crippen molar-refractivity contribution in [1.29, 1.82) is 0 Å². The summed E-state index contributed by atoms with van der Waals surface area (Å²) in [5.74, 6) is 0. The molecule has 0 N–H and O–H groups in total. The van der Waals surface area contributed by atoms with Crippen LogP contribution in [0.2, 0.25) is 0 Å². The minimum atomic E-state index is 0.926. The van der Waals surface area contributed by atoms with Crippen molar-refractivity contribution in [2.45, 2.75) is 25.9 Å². The Morgan fingerprint density at radius 2 is 2.33 bits per heavy atom. The molecule has 0 aliphatic rings. The Hall–Kier alpha value is 0.860. The molecule has 3 unspecified atom stereocenters. The first kappa shape index (κ1) is 6.86. The maximum atomic E-state index is 2.77. The Morgan fingerprint density at radius 1 is 1.83 bits per heavy atom. The lowest BCUT2D eigenvalue weighted by Crippen LogP contribution is -1.83. The molecule has 0 aromatic rings. The Balaban J connectivity index is 2.75. The van der Waals surface area contributed by atoms with Crippen molar-refractivity contribution in [3.05, 3.63) is 0 Å². The summed E-state index contributed by atoms with van der Waals surface area (Å²) >= 11 is 0. The van der Waals surface area contributed by atoms with Crippen LogP contribution in [0.1, 0.15) is 20.3 Å². The quantitative estimate of drug-likeness (QED) is 0.493. The van der Waals surface area contributed by atoms with Gasteiger partial charge in [0.25, 0.3) is 0 Å². The third-order valence-corrected chi connectivity index (χ3v) is 3.58. The first-order valence-electron chi connectivity index (χ1n) is 2.27. The van der Waals surface area contributed by atoms with E-state index in [0.29, 0.717) is 0 Å². The zero-order valence-electron chi connectivity index (χ0n) is 4.36. The van der Waals surface area contributed by atoms with Crippen LogP contribution in [0.25, 0.3) is 0 Å².